The topological polar surface area (TPSA) is 149 Å². The summed E-state index contributed by atoms with van der Waals surface area (Å²) in [6, 6.07) is 3.62. The predicted octanol–water partition coefficient (Wildman–Crippen LogP) is -1.16. The SMILES string of the molecule is Fc1ncccc1OCC1CCN1.O=C(O)C(O)C(O)C(=O)O. The van der Waals surface area contributed by atoms with Gasteiger partial charge in [-0.25, -0.2) is 14.6 Å². The van der Waals surface area contributed by atoms with Gasteiger partial charge in [-0.1, -0.05) is 0 Å². The molecule has 1 fully saturated rings. The highest BCUT2D eigenvalue weighted by Crippen LogP contribution is 2.14. The third kappa shape index (κ3) is 6.14. The summed E-state index contributed by atoms with van der Waals surface area (Å²) in [6.45, 7) is 1.55. The molecule has 0 radical (unpaired) electrons. The summed E-state index contributed by atoms with van der Waals surface area (Å²) in [6.07, 6.45) is -2.03. The molecule has 1 saturated heterocycles. The molecular formula is C13H17FN2O7. The van der Waals surface area contributed by atoms with Crippen molar-refractivity contribution in [1.82, 2.24) is 10.3 Å². The Balaban J connectivity index is 0.000000241. The number of carboxylic acid groups (broad SMARTS) is 2. The Bertz CT molecular complexity index is 521. The Morgan fingerprint density at radius 2 is 1.91 bits per heavy atom. The minimum atomic E-state index is -2.27. The largest absolute Gasteiger partial charge is 0.487 e. The first-order chi connectivity index (χ1) is 10.8. The number of hydrogen-bond acceptors (Lipinski definition) is 7. The molecule has 5 N–H and O–H groups in total. The van der Waals surface area contributed by atoms with Crippen LogP contribution >= 0.6 is 0 Å². The minimum absolute atomic E-state index is 0.233. The van der Waals surface area contributed by atoms with Crippen molar-refractivity contribution in [2.45, 2.75) is 24.7 Å². The van der Waals surface area contributed by atoms with Gasteiger partial charge in [0.25, 0.3) is 5.95 Å². The molecule has 0 spiro atoms. The number of hydrogen-bond donors (Lipinski definition) is 5. The fourth-order valence-electron chi connectivity index (χ4n) is 1.43. The number of halogens is 1. The number of carboxylic acids is 2. The third-order valence-electron chi connectivity index (χ3n) is 2.90. The number of nitrogens with one attached hydrogen (secondary N) is 1. The van der Waals surface area contributed by atoms with Crippen LogP contribution in [0, 0.1) is 5.95 Å². The first-order valence-electron chi connectivity index (χ1n) is 6.61. The molecule has 23 heavy (non-hydrogen) atoms. The van der Waals surface area contributed by atoms with Gasteiger partial charge in [-0.15, -0.1) is 0 Å². The van der Waals surface area contributed by atoms with Crippen molar-refractivity contribution in [3.8, 4) is 5.75 Å². The zero-order valence-corrected chi connectivity index (χ0v) is 11.9. The van der Waals surface area contributed by atoms with Gasteiger partial charge in [0.15, 0.2) is 18.0 Å². The number of aromatic nitrogens is 1. The molecule has 3 atom stereocenters. The molecule has 0 amide bonds. The van der Waals surface area contributed by atoms with Gasteiger partial charge in [-0.2, -0.15) is 4.39 Å². The molecule has 9 nitrogen and oxygen atoms in total. The number of ether oxygens (including phenoxy) is 1. The van der Waals surface area contributed by atoms with E-state index in [2.05, 4.69) is 10.3 Å². The number of carbonyl (C=O) groups is 2. The van der Waals surface area contributed by atoms with Gasteiger partial charge >= 0.3 is 11.9 Å². The van der Waals surface area contributed by atoms with E-state index in [0.717, 1.165) is 13.0 Å². The third-order valence-corrected chi connectivity index (χ3v) is 2.90. The quantitative estimate of drug-likeness (QED) is 0.406. The van der Waals surface area contributed by atoms with Crippen LogP contribution in [-0.2, 0) is 9.59 Å². The summed E-state index contributed by atoms with van der Waals surface area (Å²) < 4.78 is 18.1. The van der Waals surface area contributed by atoms with Gasteiger partial charge in [0, 0.05) is 12.2 Å². The van der Waals surface area contributed by atoms with Crippen LogP contribution in [0.1, 0.15) is 6.42 Å². The standard InChI is InChI=1S/C9H11FN2O.C4H6O6/c10-9-8(2-1-4-12-9)13-6-7-3-5-11-7;5-1(3(7)8)2(6)4(9)10/h1-2,4,7,11H,3,5-6H2;1-2,5-6H,(H,7,8)(H,9,10). The van der Waals surface area contributed by atoms with E-state index in [9.17, 15) is 14.0 Å². The van der Waals surface area contributed by atoms with Gasteiger partial charge in [0.2, 0.25) is 0 Å². The molecule has 0 aliphatic carbocycles. The normalized spacial score (nSPS) is 18.7. The highest BCUT2D eigenvalue weighted by Gasteiger charge is 2.29. The molecule has 0 aromatic carbocycles. The predicted molar refractivity (Wildman–Crippen MR) is 73.4 cm³/mol. The van der Waals surface area contributed by atoms with Gasteiger partial charge < -0.3 is 30.5 Å². The molecule has 1 aromatic heterocycles. The first-order valence-corrected chi connectivity index (χ1v) is 6.61. The van der Waals surface area contributed by atoms with Crippen LogP contribution in [0.4, 0.5) is 4.39 Å². The maximum atomic E-state index is 12.9. The van der Waals surface area contributed by atoms with Crippen molar-refractivity contribution in [3.05, 3.63) is 24.3 Å². The molecule has 0 bridgehead atoms. The first kappa shape index (κ1) is 18.7. The molecular weight excluding hydrogens is 315 g/mol. The average molecular weight is 332 g/mol. The number of nitrogens with zero attached hydrogens (tertiary/aromatic N) is 1. The molecule has 1 aromatic rings. The second-order valence-corrected chi connectivity index (χ2v) is 4.61. The lowest BCUT2D eigenvalue weighted by atomic mass is 10.1. The highest BCUT2D eigenvalue weighted by molar-refractivity contribution is 5.83. The number of rotatable bonds is 6. The van der Waals surface area contributed by atoms with Crippen molar-refractivity contribution in [2.75, 3.05) is 13.2 Å². The molecule has 2 rings (SSSR count). The minimum Gasteiger partial charge on any atom is -0.487 e. The summed E-state index contributed by atoms with van der Waals surface area (Å²) in [5, 5.41) is 35.7. The Hall–Kier alpha value is -2.30. The molecule has 10 heteroatoms. The number of aliphatic hydroxyl groups is 2. The zero-order chi connectivity index (χ0) is 17.4. The van der Waals surface area contributed by atoms with Gasteiger partial charge in [-0.05, 0) is 25.1 Å². The fourth-order valence-corrected chi connectivity index (χ4v) is 1.43. The maximum absolute atomic E-state index is 12.9. The van der Waals surface area contributed by atoms with Crippen LogP contribution in [0.2, 0.25) is 0 Å². The summed E-state index contributed by atoms with van der Waals surface area (Å²) in [5.41, 5.74) is 0. The van der Waals surface area contributed by atoms with E-state index in [1.807, 2.05) is 0 Å². The molecule has 128 valence electrons. The summed E-state index contributed by atoms with van der Waals surface area (Å²) in [4.78, 5) is 23.0. The molecule has 2 heterocycles. The van der Waals surface area contributed by atoms with Crippen molar-refractivity contribution in [2.24, 2.45) is 0 Å². The van der Waals surface area contributed by atoms with E-state index in [1.165, 1.54) is 6.20 Å². The van der Waals surface area contributed by atoms with E-state index in [1.54, 1.807) is 12.1 Å². The van der Waals surface area contributed by atoms with Crippen LogP contribution < -0.4 is 10.1 Å². The van der Waals surface area contributed by atoms with E-state index in [-0.39, 0.29) is 5.75 Å². The second kappa shape index (κ2) is 8.98. The van der Waals surface area contributed by atoms with E-state index in [0.29, 0.717) is 12.6 Å². The summed E-state index contributed by atoms with van der Waals surface area (Å²) in [7, 11) is 0. The van der Waals surface area contributed by atoms with Gasteiger partial charge in [0.05, 0.1) is 0 Å². The number of aliphatic hydroxyl groups excluding tert-OH is 2. The average Bonchev–Trinajstić information content (AvgIpc) is 2.46. The highest BCUT2D eigenvalue weighted by atomic mass is 19.1. The van der Waals surface area contributed by atoms with E-state index >= 15 is 0 Å². The lowest BCUT2D eigenvalue weighted by molar-refractivity contribution is -0.165. The maximum Gasteiger partial charge on any atom is 0.335 e. The Kier molecular flexibility index (Phi) is 7.32. The summed E-state index contributed by atoms with van der Waals surface area (Å²) in [5.74, 6) is -3.84. The molecule has 3 unspecified atom stereocenters. The molecule has 1 aliphatic rings. The van der Waals surface area contributed by atoms with Gasteiger partial charge in [0.1, 0.15) is 6.61 Å². The lowest BCUT2D eigenvalue weighted by Gasteiger charge is -2.27. The van der Waals surface area contributed by atoms with Gasteiger partial charge in [-0.3, -0.25) is 0 Å². The Morgan fingerprint density at radius 1 is 1.35 bits per heavy atom. The zero-order valence-electron chi connectivity index (χ0n) is 11.9. The smallest absolute Gasteiger partial charge is 0.335 e. The van der Waals surface area contributed by atoms with Crippen molar-refractivity contribution in [3.63, 3.8) is 0 Å². The Labute approximate surface area is 130 Å². The van der Waals surface area contributed by atoms with Crippen LogP contribution in [0.15, 0.2) is 18.3 Å². The van der Waals surface area contributed by atoms with E-state index < -0.39 is 30.1 Å². The lowest BCUT2D eigenvalue weighted by Crippen LogP contribution is -2.46. The molecule has 0 saturated carbocycles. The second-order valence-electron chi connectivity index (χ2n) is 4.61. The summed E-state index contributed by atoms with van der Waals surface area (Å²) >= 11 is 0. The van der Waals surface area contributed by atoms with Crippen molar-refractivity contribution in [1.29, 1.82) is 0 Å². The Morgan fingerprint density at radius 3 is 2.30 bits per heavy atom. The molecule has 1 aliphatic heterocycles. The van der Waals surface area contributed by atoms with Crippen molar-refractivity contribution < 1.29 is 39.1 Å². The van der Waals surface area contributed by atoms with Crippen LogP contribution in [-0.4, -0.2) is 68.8 Å². The number of aliphatic carboxylic acids is 2. The monoisotopic (exact) mass is 332 g/mol. The van der Waals surface area contributed by atoms with Crippen molar-refractivity contribution >= 4 is 11.9 Å². The van der Waals surface area contributed by atoms with Crippen LogP contribution in [0.25, 0.3) is 0 Å². The van der Waals surface area contributed by atoms with Crippen LogP contribution in [0.3, 0.4) is 0 Å². The van der Waals surface area contributed by atoms with E-state index in [4.69, 9.17) is 25.2 Å². The number of pyridine rings is 1. The fraction of sp³-hybridized carbons (Fsp3) is 0.462. The van der Waals surface area contributed by atoms with Crippen LogP contribution in [0.5, 0.6) is 5.75 Å².